The van der Waals surface area contributed by atoms with Gasteiger partial charge in [-0.3, -0.25) is 9.59 Å². The first kappa shape index (κ1) is 18.5. The van der Waals surface area contributed by atoms with E-state index in [0.29, 0.717) is 16.9 Å². The average molecular weight is 394 g/mol. The highest BCUT2D eigenvalue weighted by molar-refractivity contribution is 7.09. The van der Waals surface area contributed by atoms with Crippen molar-refractivity contribution in [3.8, 4) is 0 Å². The minimum atomic E-state index is -0.142. The molecule has 2 amide bonds. The van der Waals surface area contributed by atoms with Crippen LogP contribution in [-0.4, -0.2) is 16.4 Å². The van der Waals surface area contributed by atoms with Crippen molar-refractivity contribution in [2.45, 2.75) is 33.2 Å². The molecule has 28 heavy (non-hydrogen) atoms. The van der Waals surface area contributed by atoms with Crippen molar-refractivity contribution >= 4 is 34.5 Å². The Morgan fingerprint density at radius 2 is 1.82 bits per heavy atom. The summed E-state index contributed by atoms with van der Waals surface area (Å²) in [6.07, 6.45) is 1.92. The number of nitrogens with zero attached hydrogens (tertiary/aromatic N) is 1. The van der Waals surface area contributed by atoms with E-state index < -0.39 is 0 Å². The standard InChI is InChI=1S/C22H23N3O2S/c1-14-11-20(15(2)25(14)13-19-7-4-10-28-19)22(27)24-18-6-3-5-17(12-18)23-21(26)16-8-9-16/h3-7,10-12,16H,8-9,13H2,1-2H3,(H,23,26)(H,24,27). The summed E-state index contributed by atoms with van der Waals surface area (Å²) in [5, 5.41) is 7.93. The lowest BCUT2D eigenvalue weighted by atomic mass is 10.2. The number of benzene rings is 1. The van der Waals surface area contributed by atoms with Gasteiger partial charge in [0.1, 0.15) is 0 Å². The first-order valence-electron chi connectivity index (χ1n) is 9.42. The molecule has 1 saturated carbocycles. The number of anilines is 2. The summed E-state index contributed by atoms with van der Waals surface area (Å²) in [6.45, 7) is 4.76. The highest BCUT2D eigenvalue weighted by Gasteiger charge is 2.29. The van der Waals surface area contributed by atoms with Crippen LogP contribution in [0.3, 0.4) is 0 Å². The van der Waals surface area contributed by atoms with Crippen LogP contribution in [0.2, 0.25) is 0 Å². The van der Waals surface area contributed by atoms with E-state index in [1.54, 1.807) is 17.4 Å². The molecule has 4 rings (SSSR count). The van der Waals surface area contributed by atoms with E-state index in [9.17, 15) is 9.59 Å². The van der Waals surface area contributed by atoms with Crippen molar-refractivity contribution in [3.05, 3.63) is 69.7 Å². The minimum absolute atomic E-state index is 0.0561. The van der Waals surface area contributed by atoms with Crippen molar-refractivity contribution < 1.29 is 9.59 Å². The lowest BCUT2D eigenvalue weighted by Gasteiger charge is -2.10. The van der Waals surface area contributed by atoms with Gasteiger partial charge in [-0.1, -0.05) is 12.1 Å². The number of aromatic nitrogens is 1. The molecule has 0 saturated heterocycles. The predicted molar refractivity (Wildman–Crippen MR) is 113 cm³/mol. The van der Waals surface area contributed by atoms with Crippen LogP contribution in [0, 0.1) is 19.8 Å². The van der Waals surface area contributed by atoms with E-state index >= 15 is 0 Å². The lowest BCUT2D eigenvalue weighted by molar-refractivity contribution is -0.117. The van der Waals surface area contributed by atoms with E-state index in [1.165, 1.54) is 4.88 Å². The Morgan fingerprint density at radius 3 is 2.50 bits per heavy atom. The molecule has 5 nitrogen and oxygen atoms in total. The fourth-order valence-corrected chi connectivity index (χ4v) is 3.99. The average Bonchev–Trinajstić information content (AvgIpc) is 3.33. The van der Waals surface area contributed by atoms with Crippen molar-refractivity contribution in [3.63, 3.8) is 0 Å². The largest absolute Gasteiger partial charge is 0.343 e. The topological polar surface area (TPSA) is 63.1 Å². The highest BCUT2D eigenvalue weighted by Crippen LogP contribution is 2.30. The molecule has 2 N–H and O–H groups in total. The molecule has 0 bridgehead atoms. The van der Waals surface area contributed by atoms with Gasteiger partial charge >= 0.3 is 0 Å². The number of nitrogens with one attached hydrogen (secondary N) is 2. The van der Waals surface area contributed by atoms with Crippen LogP contribution in [0.1, 0.15) is 39.5 Å². The summed E-state index contributed by atoms with van der Waals surface area (Å²) in [6, 6.07) is 13.4. The predicted octanol–water partition coefficient (Wildman–Crippen LogP) is 4.82. The molecule has 0 radical (unpaired) electrons. The Labute approximate surface area is 168 Å². The number of aryl methyl sites for hydroxylation is 1. The van der Waals surface area contributed by atoms with Crippen LogP contribution in [0.5, 0.6) is 0 Å². The smallest absolute Gasteiger partial charge is 0.257 e. The molecule has 6 heteroatoms. The Hall–Kier alpha value is -2.86. The quantitative estimate of drug-likeness (QED) is 0.631. The fraction of sp³-hybridized carbons (Fsp3) is 0.273. The van der Waals surface area contributed by atoms with Crippen LogP contribution < -0.4 is 10.6 Å². The molecule has 2 aromatic heterocycles. The second-order valence-electron chi connectivity index (χ2n) is 7.25. The Bertz CT molecular complexity index is 1020. The number of hydrogen-bond donors (Lipinski definition) is 2. The van der Waals surface area contributed by atoms with Gasteiger partial charge in [0.15, 0.2) is 0 Å². The molecule has 1 fully saturated rings. The van der Waals surface area contributed by atoms with Crippen LogP contribution in [-0.2, 0) is 11.3 Å². The summed E-state index contributed by atoms with van der Waals surface area (Å²) in [5.74, 6) is 0.0591. The van der Waals surface area contributed by atoms with E-state index in [4.69, 9.17) is 0 Å². The monoisotopic (exact) mass is 393 g/mol. The van der Waals surface area contributed by atoms with Gasteiger partial charge in [-0.15, -0.1) is 11.3 Å². The first-order valence-corrected chi connectivity index (χ1v) is 10.3. The third kappa shape index (κ3) is 4.02. The third-order valence-electron chi connectivity index (χ3n) is 5.05. The summed E-state index contributed by atoms with van der Waals surface area (Å²) in [5.41, 5.74) is 4.05. The van der Waals surface area contributed by atoms with Gasteiger partial charge in [0.2, 0.25) is 5.91 Å². The van der Waals surface area contributed by atoms with Gasteiger partial charge < -0.3 is 15.2 Å². The summed E-state index contributed by atoms with van der Waals surface area (Å²) in [4.78, 5) is 26.0. The maximum absolute atomic E-state index is 12.8. The molecule has 1 aliphatic carbocycles. The summed E-state index contributed by atoms with van der Waals surface area (Å²) >= 11 is 1.71. The van der Waals surface area contributed by atoms with Gasteiger partial charge in [0, 0.05) is 33.6 Å². The van der Waals surface area contributed by atoms with Crippen LogP contribution in [0.15, 0.2) is 47.8 Å². The molecule has 0 atom stereocenters. The fourth-order valence-electron chi connectivity index (χ4n) is 3.30. The molecule has 0 unspecified atom stereocenters. The van der Waals surface area contributed by atoms with Crippen LogP contribution in [0.25, 0.3) is 0 Å². The maximum atomic E-state index is 12.8. The molecular weight excluding hydrogens is 370 g/mol. The number of rotatable bonds is 6. The van der Waals surface area contributed by atoms with Crippen molar-refractivity contribution in [2.75, 3.05) is 10.6 Å². The normalized spacial score (nSPS) is 13.4. The van der Waals surface area contributed by atoms with Gasteiger partial charge in [-0.05, 0) is 62.4 Å². The molecular formula is C22H23N3O2S. The number of thiophene rings is 1. The summed E-state index contributed by atoms with van der Waals surface area (Å²) < 4.78 is 2.16. The SMILES string of the molecule is Cc1cc(C(=O)Nc2cccc(NC(=O)C3CC3)c2)c(C)n1Cc1cccs1. The molecule has 3 aromatic rings. The second-order valence-corrected chi connectivity index (χ2v) is 8.28. The van der Waals surface area contributed by atoms with Crippen molar-refractivity contribution in [1.82, 2.24) is 4.57 Å². The third-order valence-corrected chi connectivity index (χ3v) is 5.91. The zero-order valence-electron chi connectivity index (χ0n) is 16.0. The van der Waals surface area contributed by atoms with Gasteiger partial charge in [-0.2, -0.15) is 0 Å². The summed E-state index contributed by atoms with van der Waals surface area (Å²) in [7, 11) is 0. The zero-order valence-corrected chi connectivity index (χ0v) is 16.8. The Balaban J connectivity index is 1.48. The molecule has 1 aliphatic rings. The maximum Gasteiger partial charge on any atom is 0.257 e. The molecule has 0 spiro atoms. The molecule has 1 aromatic carbocycles. The molecule has 0 aliphatic heterocycles. The minimum Gasteiger partial charge on any atom is -0.343 e. The highest BCUT2D eigenvalue weighted by atomic mass is 32.1. The van der Waals surface area contributed by atoms with E-state index in [-0.39, 0.29) is 17.7 Å². The van der Waals surface area contributed by atoms with Crippen LogP contribution >= 0.6 is 11.3 Å². The first-order chi connectivity index (χ1) is 13.5. The number of hydrogen-bond acceptors (Lipinski definition) is 3. The van der Waals surface area contributed by atoms with E-state index in [0.717, 1.165) is 30.8 Å². The van der Waals surface area contributed by atoms with Crippen molar-refractivity contribution in [2.24, 2.45) is 5.92 Å². The lowest BCUT2D eigenvalue weighted by Crippen LogP contribution is -2.15. The van der Waals surface area contributed by atoms with Crippen molar-refractivity contribution in [1.29, 1.82) is 0 Å². The van der Waals surface area contributed by atoms with E-state index in [1.807, 2.05) is 44.2 Å². The number of carbonyl (C=O) groups is 2. The van der Waals surface area contributed by atoms with E-state index in [2.05, 4.69) is 26.6 Å². The van der Waals surface area contributed by atoms with Gasteiger partial charge in [0.25, 0.3) is 5.91 Å². The second kappa shape index (κ2) is 7.64. The number of amides is 2. The van der Waals surface area contributed by atoms with Crippen LogP contribution in [0.4, 0.5) is 11.4 Å². The number of carbonyl (C=O) groups excluding carboxylic acids is 2. The zero-order chi connectivity index (χ0) is 19.7. The Morgan fingerprint density at radius 1 is 1.07 bits per heavy atom. The van der Waals surface area contributed by atoms with Gasteiger partial charge in [-0.25, -0.2) is 0 Å². The van der Waals surface area contributed by atoms with Gasteiger partial charge in [0.05, 0.1) is 12.1 Å². The molecule has 144 valence electrons. The molecule has 2 heterocycles. The Kier molecular flexibility index (Phi) is 5.05.